The number of hydrogen-bond acceptors (Lipinski definition) is 7. The molecule has 9 heteroatoms. The van der Waals surface area contributed by atoms with Crippen LogP contribution in [0.3, 0.4) is 0 Å². The Labute approximate surface area is 162 Å². The molecule has 2 aliphatic heterocycles. The van der Waals surface area contributed by atoms with Gasteiger partial charge in [0.25, 0.3) is 5.56 Å². The van der Waals surface area contributed by atoms with Gasteiger partial charge in [-0.1, -0.05) is 11.6 Å². The highest BCUT2D eigenvalue weighted by Gasteiger charge is 2.22. The monoisotopic (exact) mass is 387 g/mol. The second-order valence-corrected chi connectivity index (χ2v) is 7.26. The van der Waals surface area contributed by atoms with Crippen molar-refractivity contribution in [2.75, 3.05) is 32.1 Å². The van der Waals surface area contributed by atoms with E-state index in [9.17, 15) is 4.79 Å². The quantitative estimate of drug-likeness (QED) is 0.731. The lowest BCUT2D eigenvalue weighted by Gasteiger charge is -2.30. The number of rotatable bonds is 4. The molecule has 0 aliphatic carbocycles. The third kappa shape index (κ3) is 3.91. The Hall–Kier alpha value is -2.58. The van der Waals surface area contributed by atoms with Gasteiger partial charge in [-0.15, -0.1) is 0 Å². The van der Waals surface area contributed by atoms with E-state index in [0.717, 1.165) is 25.9 Å². The van der Waals surface area contributed by atoms with Crippen LogP contribution in [0.1, 0.15) is 18.5 Å². The third-order valence-corrected chi connectivity index (χ3v) is 5.08. The molecule has 1 fully saturated rings. The zero-order valence-electron chi connectivity index (χ0n) is 15.1. The zero-order chi connectivity index (χ0) is 18.8. The summed E-state index contributed by atoms with van der Waals surface area (Å²) in [6.07, 6.45) is 2.04. The first-order valence-corrected chi connectivity index (χ1v) is 9.38. The van der Waals surface area contributed by atoms with Crippen molar-refractivity contribution in [3.8, 4) is 5.69 Å². The fourth-order valence-electron chi connectivity index (χ4n) is 3.30. The van der Waals surface area contributed by atoms with Crippen LogP contribution in [0.15, 0.2) is 40.2 Å². The van der Waals surface area contributed by atoms with Crippen LogP contribution in [0.25, 0.3) is 5.69 Å². The number of aromatic nitrogens is 2. The number of nitrogens with zero attached hydrogens (tertiary/aromatic N) is 4. The van der Waals surface area contributed by atoms with Crippen molar-refractivity contribution in [1.82, 2.24) is 25.4 Å². The summed E-state index contributed by atoms with van der Waals surface area (Å²) in [5.74, 6) is 0.619. The summed E-state index contributed by atoms with van der Waals surface area (Å²) in [5.41, 5.74) is 4.66. The van der Waals surface area contributed by atoms with Crippen molar-refractivity contribution in [3.05, 3.63) is 51.4 Å². The lowest BCUT2D eigenvalue weighted by Crippen LogP contribution is -2.38. The fraction of sp³-hybridized carbons (Fsp3) is 0.389. The van der Waals surface area contributed by atoms with Crippen LogP contribution in [0.2, 0.25) is 5.02 Å². The average Bonchev–Trinajstić information content (AvgIpc) is 3.19. The lowest BCUT2D eigenvalue weighted by atomic mass is 10.1. The minimum absolute atomic E-state index is 0.206. The van der Waals surface area contributed by atoms with E-state index < -0.39 is 0 Å². The summed E-state index contributed by atoms with van der Waals surface area (Å²) in [4.78, 5) is 15.0. The number of anilines is 1. The van der Waals surface area contributed by atoms with Crippen LogP contribution >= 0.6 is 11.6 Å². The van der Waals surface area contributed by atoms with Crippen LogP contribution < -0.4 is 21.6 Å². The maximum absolute atomic E-state index is 12.7. The number of nitrogens with one attached hydrogen (secondary N) is 3. The number of likely N-dealkylation sites (tertiary alicyclic amines) is 1. The van der Waals surface area contributed by atoms with E-state index in [1.54, 1.807) is 30.3 Å². The molecule has 0 spiro atoms. The Balaban J connectivity index is 1.71. The Bertz CT molecular complexity index is 901. The number of hydrazone groups is 1. The van der Waals surface area contributed by atoms with Crippen molar-refractivity contribution >= 4 is 23.1 Å². The predicted octanol–water partition coefficient (Wildman–Crippen LogP) is 1.20. The van der Waals surface area contributed by atoms with Gasteiger partial charge >= 0.3 is 0 Å². The smallest absolute Gasteiger partial charge is 0.273 e. The number of hydrogen-bond donors (Lipinski definition) is 3. The Morgan fingerprint density at radius 2 is 1.96 bits per heavy atom. The summed E-state index contributed by atoms with van der Waals surface area (Å²) in [7, 11) is 2.12. The summed E-state index contributed by atoms with van der Waals surface area (Å²) < 4.78 is 1.37. The van der Waals surface area contributed by atoms with Gasteiger partial charge in [0.05, 0.1) is 11.4 Å². The molecule has 27 heavy (non-hydrogen) atoms. The molecule has 3 N–H and O–H groups in total. The first-order chi connectivity index (χ1) is 13.1. The van der Waals surface area contributed by atoms with Crippen molar-refractivity contribution in [2.24, 2.45) is 5.10 Å². The number of halogens is 1. The molecule has 0 bridgehead atoms. The Kier molecular flexibility index (Phi) is 5.00. The van der Waals surface area contributed by atoms with Gasteiger partial charge in [-0.05, 0) is 57.2 Å². The van der Waals surface area contributed by atoms with E-state index in [1.165, 1.54) is 4.68 Å². The van der Waals surface area contributed by atoms with Crippen molar-refractivity contribution in [1.29, 1.82) is 0 Å². The molecular weight excluding hydrogens is 366 g/mol. The van der Waals surface area contributed by atoms with E-state index >= 15 is 0 Å². The van der Waals surface area contributed by atoms with Crippen LogP contribution in [0.4, 0.5) is 5.69 Å². The molecule has 2 aromatic rings. The van der Waals surface area contributed by atoms with Gasteiger partial charge < -0.3 is 15.5 Å². The normalized spacial score (nSPS) is 17.9. The molecule has 142 valence electrons. The molecule has 1 aromatic carbocycles. The highest BCUT2D eigenvalue weighted by molar-refractivity contribution is 6.30. The Morgan fingerprint density at radius 3 is 2.63 bits per heavy atom. The molecule has 0 atom stereocenters. The fourth-order valence-corrected chi connectivity index (χ4v) is 3.43. The first-order valence-electron chi connectivity index (χ1n) is 9.00. The van der Waals surface area contributed by atoms with Crippen LogP contribution in [-0.2, 0) is 0 Å². The summed E-state index contributed by atoms with van der Waals surface area (Å²) in [6, 6.07) is 8.92. The minimum Gasteiger partial charge on any atom is -0.380 e. The third-order valence-electron chi connectivity index (χ3n) is 4.83. The molecule has 2 aliphatic rings. The van der Waals surface area contributed by atoms with E-state index in [-0.39, 0.29) is 5.56 Å². The van der Waals surface area contributed by atoms with Gasteiger partial charge in [0, 0.05) is 17.1 Å². The summed E-state index contributed by atoms with van der Waals surface area (Å²) in [6.45, 7) is 2.59. The summed E-state index contributed by atoms with van der Waals surface area (Å²) >= 11 is 5.96. The highest BCUT2D eigenvalue weighted by Crippen LogP contribution is 2.19. The topological polar surface area (TPSA) is 86.6 Å². The van der Waals surface area contributed by atoms with Gasteiger partial charge in [0.1, 0.15) is 6.67 Å². The molecule has 4 rings (SSSR count). The van der Waals surface area contributed by atoms with Gasteiger partial charge in [-0.3, -0.25) is 10.2 Å². The second-order valence-electron chi connectivity index (χ2n) is 6.83. The maximum atomic E-state index is 12.7. The lowest BCUT2D eigenvalue weighted by molar-refractivity contribution is 0.264. The summed E-state index contributed by atoms with van der Waals surface area (Å²) in [5, 5.41) is 16.1. The van der Waals surface area contributed by atoms with Crippen molar-refractivity contribution in [2.45, 2.75) is 18.9 Å². The number of amidine groups is 1. The Morgan fingerprint density at radius 1 is 1.22 bits per heavy atom. The molecule has 0 radical (unpaired) electrons. The molecular formula is C18H22ClN7O. The number of benzene rings is 1. The molecule has 0 saturated carbocycles. The molecule has 3 heterocycles. The highest BCUT2D eigenvalue weighted by atomic mass is 35.5. The SMILES string of the molecule is CN1CCC(Nc2cc(=O)n(-c3ccc(Cl)cc3)nc2C2=NNCN2)CC1. The second kappa shape index (κ2) is 7.58. The molecule has 0 unspecified atom stereocenters. The van der Waals surface area contributed by atoms with Crippen LogP contribution in [0, 0.1) is 0 Å². The predicted molar refractivity (Wildman–Crippen MR) is 107 cm³/mol. The number of piperidine rings is 1. The van der Waals surface area contributed by atoms with E-state index in [1.807, 2.05) is 0 Å². The van der Waals surface area contributed by atoms with E-state index in [2.05, 4.69) is 38.2 Å². The van der Waals surface area contributed by atoms with Gasteiger partial charge in [-0.2, -0.15) is 14.9 Å². The van der Waals surface area contributed by atoms with Crippen molar-refractivity contribution in [3.63, 3.8) is 0 Å². The van der Waals surface area contributed by atoms with Crippen LogP contribution in [-0.4, -0.2) is 53.4 Å². The first kappa shape index (κ1) is 17.8. The van der Waals surface area contributed by atoms with Crippen molar-refractivity contribution < 1.29 is 0 Å². The average molecular weight is 388 g/mol. The van der Waals surface area contributed by atoms with Gasteiger partial charge in [0.2, 0.25) is 0 Å². The molecule has 0 amide bonds. The van der Waals surface area contributed by atoms with E-state index in [0.29, 0.717) is 40.6 Å². The minimum atomic E-state index is -0.206. The van der Waals surface area contributed by atoms with E-state index in [4.69, 9.17) is 11.6 Å². The van der Waals surface area contributed by atoms with Gasteiger partial charge in [0.15, 0.2) is 11.5 Å². The molecule has 1 saturated heterocycles. The van der Waals surface area contributed by atoms with Gasteiger partial charge in [-0.25, -0.2) is 0 Å². The van der Waals surface area contributed by atoms with Crippen LogP contribution in [0.5, 0.6) is 0 Å². The molecule has 8 nitrogen and oxygen atoms in total. The maximum Gasteiger partial charge on any atom is 0.273 e. The molecule has 1 aromatic heterocycles. The largest absolute Gasteiger partial charge is 0.380 e. The zero-order valence-corrected chi connectivity index (χ0v) is 15.8. The standard InChI is InChI=1S/C18H22ClN7O/c1-25-8-6-13(7-9-25)22-15-10-16(27)26(14-4-2-12(19)3-5-14)24-17(15)18-20-11-21-23-18/h2-5,10,13,21-22H,6-9,11H2,1H3,(H,20,23).